The number of nitrogens with zero attached hydrogens (tertiary/aromatic N) is 2. The van der Waals surface area contributed by atoms with Crippen molar-refractivity contribution in [2.75, 3.05) is 17.3 Å². The highest BCUT2D eigenvalue weighted by molar-refractivity contribution is 7.80. The van der Waals surface area contributed by atoms with Crippen LogP contribution < -0.4 is 15.5 Å². The van der Waals surface area contributed by atoms with Gasteiger partial charge in [-0.15, -0.1) is 0 Å². The average Bonchev–Trinajstić information content (AvgIpc) is 2.72. The lowest BCUT2D eigenvalue weighted by molar-refractivity contribution is -0.137. The number of hydrogen-bond acceptors (Lipinski definition) is 4. The van der Waals surface area contributed by atoms with Crippen molar-refractivity contribution in [2.45, 2.75) is 20.0 Å². The van der Waals surface area contributed by atoms with Crippen molar-refractivity contribution in [3.63, 3.8) is 0 Å². The van der Waals surface area contributed by atoms with E-state index in [2.05, 4.69) is 10.6 Å². The smallest absolute Gasteiger partial charge is 0.355 e. The second-order valence-electron chi connectivity index (χ2n) is 6.87. The number of benzene rings is 2. The quantitative estimate of drug-likeness (QED) is 0.513. The highest BCUT2D eigenvalue weighted by Crippen LogP contribution is 2.35. The van der Waals surface area contributed by atoms with E-state index in [4.69, 9.17) is 17.5 Å². The van der Waals surface area contributed by atoms with Crippen molar-refractivity contribution in [1.82, 2.24) is 5.32 Å². The third-order valence-electron chi connectivity index (χ3n) is 4.30. The zero-order valence-electron chi connectivity index (χ0n) is 17.2. The number of nitrogens with one attached hydrogen (secondary N) is 2. The normalized spacial score (nSPS) is 11.0. The molecule has 0 fully saturated rings. The van der Waals surface area contributed by atoms with Gasteiger partial charge in [0, 0.05) is 18.7 Å². The zero-order chi connectivity index (χ0) is 24.2. The molecule has 0 bridgehead atoms. The molecule has 6 nitrogen and oxygen atoms in total. The van der Waals surface area contributed by atoms with E-state index in [1.165, 1.54) is 39.1 Å². The lowest BCUT2D eigenvalue weighted by Crippen LogP contribution is -2.42. The molecule has 0 saturated carbocycles. The molecule has 0 aliphatic heterocycles. The highest BCUT2D eigenvalue weighted by atomic mass is 32.1. The van der Waals surface area contributed by atoms with Gasteiger partial charge in [0.15, 0.2) is 5.11 Å². The fraction of sp³-hybridized carbons (Fsp3) is 0.238. The first-order valence-electron chi connectivity index (χ1n) is 9.18. The van der Waals surface area contributed by atoms with Crippen LogP contribution in [0.1, 0.15) is 35.3 Å². The molecular formula is C21H18F4N4O2S. The van der Waals surface area contributed by atoms with Gasteiger partial charge in [-0.1, -0.05) is 13.8 Å². The Balaban J connectivity index is 2.48. The second kappa shape index (κ2) is 9.74. The molecule has 0 aliphatic rings. The summed E-state index contributed by atoms with van der Waals surface area (Å²) in [5, 5.41) is 13.6. The molecule has 2 aromatic carbocycles. The van der Waals surface area contributed by atoms with E-state index in [1.807, 2.05) is 0 Å². The van der Waals surface area contributed by atoms with Gasteiger partial charge >= 0.3 is 6.18 Å². The number of carbonyl (C=O) groups is 2. The Morgan fingerprint density at radius 2 is 1.81 bits per heavy atom. The van der Waals surface area contributed by atoms with E-state index in [-0.39, 0.29) is 22.1 Å². The van der Waals surface area contributed by atoms with Crippen molar-refractivity contribution in [1.29, 1.82) is 5.26 Å². The van der Waals surface area contributed by atoms with Crippen LogP contribution in [0.3, 0.4) is 0 Å². The van der Waals surface area contributed by atoms with Gasteiger partial charge in [-0.05, 0) is 48.6 Å². The minimum Gasteiger partial charge on any atom is -0.355 e. The third kappa shape index (κ3) is 5.39. The van der Waals surface area contributed by atoms with Gasteiger partial charge in [0.25, 0.3) is 5.91 Å². The molecule has 168 valence electrons. The Labute approximate surface area is 186 Å². The van der Waals surface area contributed by atoms with Crippen molar-refractivity contribution in [3.05, 3.63) is 58.9 Å². The first-order valence-corrected chi connectivity index (χ1v) is 9.59. The highest BCUT2D eigenvalue weighted by Gasteiger charge is 2.35. The van der Waals surface area contributed by atoms with E-state index in [1.54, 1.807) is 0 Å². The molecule has 0 atom stereocenters. The lowest BCUT2D eigenvalue weighted by Gasteiger charge is -2.26. The van der Waals surface area contributed by atoms with Crippen LogP contribution in [-0.4, -0.2) is 24.0 Å². The predicted octanol–water partition coefficient (Wildman–Crippen LogP) is 4.46. The third-order valence-corrected chi connectivity index (χ3v) is 4.58. The van der Waals surface area contributed by atoms with Crippen LogP contribution in [0, 0.1) is 23.1 Å². The van der Waals surface area contributed by atoms with Crippen LogP contribution in [0.2, 0.25) is 0 Å². The molecule has 0 spiro atoms. The SMILES string of the molecule is CNC(=O)c1ccc(NC(=S)N(C(=O)C(C)C)c2ccc(C#N)c(C(F)(F)F)c2)cc1F. The van der Waals surface area contributed by atoms with E-state index in [9.17, 15) is 27.2 Å². The zero-order valence-corrected chi connectivity index (χ0v) is 18.0. The van der Waals surface area contributed by atoms with Crippen molar-refractivity contribution in [3.8, 4) is 6.07 Å². The summed E-state index contributed by atoms with van der Waals surface area (Å²) in [7, 11) is 1.34. The molecule has 0 radical (unpaired) electrons. The minimum atomic E-state index is -4.83. The average molecular weight is 466 g/mol. The molecule has 2 amide bonds. The van der Waals surface area contributed by atoms with Gasteiger partial charge in [-0.25, -0.2) is 4.39 Å². The Morgan fingerprint density at radius 3 is 2.31 bits per heavy atom. The summed E-state index contributed by atoms with van der Waals surface area (Å²) in [6, 6.07) is 7.72. The largest absolute Gasteiger partial charge is 0.417 e. The molecule has 11 heteroatoms. The molecular weight excluding hydrogens is 448 g/mol. The Morgan fingerprint density at radius 1 is 1.16 bits per heavy atom. The van der Waals surface area contributed by atoms with Crippen molar-refractivity contribution >= 4 is 40.5 Å². The predicted molar refractivity (Wildman–Crippen MR) is 114 cm³/mol. The molecule has 2 rings (SSSR count). The van der Waals surface area contributed by atoms with Gasteiger partial charge in [0.1, 0.15) is 5.82 Å². The number of halogens is 4. The van der Waals surface area contributed by atoms with Gasteiger partial charge in [0.05, 0.1) is 28.4 Å². The van der Waals surface area contributed by atoms with E-state index < -0.39 is 40.9 Å². The summed E-state index contributed by atoms with van der Waals surface area (Å²) in [5.74, 6) is -2.78. The molecule has 0 aliphatic carbocycles. The number of hydrogen-bond donors (Lipinski definition) is 2. The summed E-state index contributed by atoms with van der Waals surface area (Å²) in [5.41, 5.74) is -2.19. The number of thiocarbonyl (C=S) groups is 1. The van der Waals surface area contributed by atoms with Crippen LogP contribution in [0.5, 0.6) is 0 Å². The number of alkyl halides is 3. The molecule has 0 unspecified atom stereocenters. The van der Waals surface area contributed by atoms with E-state index in [0.717, 1.165) is 23.1 Å². The summed E-state index contributed by atoms with van der Waals surface area (Å²) in [4.78, 5) is 25.2. The summed E-state index contributed by atoms with van der Waals surface area (Å²) in [6.45, 7) is 3.06. The molecule has 0 aromatic heterocycles. The van der Waals surface area contributed by atoms with Crippen molar-refractivity contribution < 1.29 is 27.2 Å². The molecule has 32 heavy (non-hydrogen) atoms. The fourth-order valence-corrected chi connectivity index (χ4v) is 3.01. The van der Waals surface area contributed by atoms with Crippen LogP contribution in [0.15, 0.2) is 36.4 Å². The lowest BCUT2D eigenvalue weighted by atomic mass is 10.1. The summed E-state index contributed by atoms with van der Waals surface area (Å²) >= 11 is 5.23. The maximum Gasteiger partial charge on any atom is 0.417 e. The fourth-order valence-electron chi connectivity index (χ4n) is 2.70. The Bertz CT molecular complexity index is 1110. The van der Waals surface area contributed by atoms with Crippen molar-refractivity contribution in [2.24, 2.45) is 5.92 Å². The van der Waals surface area contributed by atoms with E-state index in [0.29, 0.717) is 6.07 Å². The minimum absolute atomic E-state index is 0.0754. The number of amides is 2. The first-order chi connectivity index (χ1) is 14.9. The summed E-state index contributed by atoms with van der Waals surface area (Å²) < 4.78 is 54.4. The topological polar surface area (TPSA) is 85.2 Å². The van der Waals surface area contributed by atoms with Crippen LogP contribution in [-0.2, 0) is 11.0 Å². The number of carbonyl (C=O) groups excluding carboxylic acids is 2. The van der Waals surface area contributed by atoms with Gasteiger partial charge in [-0.2, -0.15) is 18.4 Å². The monoisotopic (exact) mass is 466 g/mol. The molecule has 2 N–H and O–H groups in total. The first kappa shape index (κ1) is 24.7. The Kier molecular flexibility index (Phi) is 7.53. The van der Waals surface area contributed by atoms with Gasteiger partial charge in [0.2, 0.25) is 5.91 Å². The molecule has 0 heterocycles. The maximum absolute atomic E-state index is 14.2. The summed E-state index contributed by atoms with van der Waals surface area (Å²) in [6.07, 6.45) is -4.83. The van der Waals surface area contributed by atoms with Crippen LogP contribution >= 0.6 is 12.2 Å². The second-order valence-corrected chi connectivity index (χ2v) is 7.26. The number of rotatable bonds is 4. The van der Waals surface area contributed by atoms with Gasteiger partial charge in [-0.3, -0.25) is 14.5 Å². The Hall–Kier alpha value is -3.52. The molecule has 2 aromatic rings. The number of nitriles is 1. The standard InChI is InChI=1S/C21H18F4N4O2S/c1-11(2)19(31)29(14-6-4-12(10-26)16(9-14)21(23,24)25)20(32)28-13-5-7-15(17(22)8-13)18(30)27-3/h4-9,11H,1-3H3,(H,27,30)(H,28,32). The van der Waals surface area contributed by atoms with E-state index >= 15 is 0 Å². The van der Waals surface area contributed by atoms with Crippen LogP contribution in [0.4, 0.5) is 28.9 Å². The van der Waals surface area contributed by atoms with Gasteiger partial charge < -0.3 is 10.6 Å². The van der Waals surface area contributed by atoms with Crippen LogP contribution in [0.25, 0.3) is 0 Å². The number of anilines is 2. The maximum atomic E-state index is 14.2. The molecule has 0 saturated heterocycles.